The fraction of sp³-hybridized carbons (Fsp3) is 0.600. The van der Waals surface area contributed by atoms with Gasteiger partial charge in [0.15, 0.2) is 0 Å². The van der Waals surface area contributed by atoms with Crippen LogP contribution in [0.3, 0.4) is 0 Å². The highest BCUT2D eigenvalue weighted by atomic mass is 19.4. The zero-order valence-electron chi connectivity index (χ0n) is 9.88. The lowest BCUT2D eigenvalue weighted by Gasteiger charge is -2.19. The number of rotatable bonds is 3. The van der Waals surface area contributed by atoms with Crippen LogP contribution < -0.4 is 0 Å². The Kier molecular flexibility index (Phi) is 3.79. The first-order chi connectivity index (χ1) is 7.70. The van der Waals surface area contributed by atoms with E-state index in [0.717, 1.165) is 18.4 Å². The van der Waals surface area contributed by atoms with E-state index in [1.54, 1.807) is 13.8 Å². The molecule has 0 saturated carbocycles. The minimum atomic E-state index is -4.37. The van der Waals surface area contributed by atoms with E-state index in [4.69, 9.17) is 0 Å². The molecule has 0 aliphatic rings. The van der Waals surface area contributed by atoms with E-state index in [9.17, 15) is 18.0 Å². The van der Waals surface area contributed by atoms with Crippen molar-refractivity contribution in [2.45, 2.75) is 26.6 Å². The van der Waals surface area contributed by atoms with Crippen LogP contribution in [0.5, 0.6) is 0 Å². The number of likely N-dealkylation sites (N-methyl/N-ethyl adjacent to an activating group) is 1. The number of aryl methyl sites for hydroxylation is 1. The minimum absolute atomic E-state index is 0.126. The van der Waals surface area contributed by atoms with E-state index in [1.165, 1.54) is 10.9 Å². The molecule has 7 heteroatoms. The third-order valence-electron chi connectivity index (χ3n) is 2.49. The summed E-state index contributed by atoms with van der Waals surface area (Å²) in [5, 5.41) is 0. The molecular formula is C10H14F3N3O. The molecule has 0 aromatic carbocycles. The molecule has 0 saturated heterocycles. The van der Waals surface area contributed by atoms with Crippen molar-refractivity contribution < 1.29 is 18.0 Å². The fourth-order valence-electron chi connectivity index (χ4n) is 1.33. The van der Waals surface area contributed by atoms with Crippen molar-refractivity contribution in [2.24, 2.45) is 0 Å². The van der Waals surface area contributed by atoms with Gasteiger partial charge in [0.1, 0.15) is 13.1 Å². The lowest BCUT2D eigenvalue weighted by atomic mass is 10.3. The van der Waals surface area contributed by atoms with Crippen molar-refractivity contribution in [3.63, 3.8) is 0 Å². The number of halogens is 3. The molecule has 0 unspecified atom stereocenters. The molecule has 0 atom stereocenters. The molecule has 0 aliphatic carbocycles. The van der Waals surface area contributed by atoms with E-state index < -0.39 is 18.6 Å². The molecule has 17 heavy (non-hydrogen) atoms. The number of carbonyl (C=O) groups is 1. The van der Waals surface area contributed by atoms with Gasteiger partial charge in [0.25, 0.3) is 0 Å². The van der Waals surface area contributed by atoms with E-state index >= 15 is 0 Å². The Balaban J connectivity index is 2.64. The third-order valence-corrected chi connectivity index (χ3v) is 2.49. The van der Waals surface area contributed by atoms with E-state index in [0.29, 0.717) is 4.90 Å². The molecular weight excluding hydrogens is 235 g/mol. The van der Waals surface area contributed by atoms with Crippen LogP contribution in [0.25, 0.3) is 0 Å². The van der Waals surface area contributed by atoms with Crippen LogP contribution in [-0.2, 0) is 11.3 Å². The van der Waals surface area contributed by atoms with Crippen molar-refractivity contribution in [1.82, 2.24) is 14.5 Å². The summed E-state index contributed by atoms with van der Waals surface area (Å²) in [6.45, 7) is 2.17. The third kappa shape index (κ3) is 3.76. The molecule has 1 aromatic heterocycles. The Morgan fingerprint density at radius 1 is 1.47 bits per heavy atom. The number of imidazole rings is 1. The van der Waals surface area contributed by atoms with E-state index in [-0.39, 0.29) is 6.54 Å². The number of amides is 1. The summed E-state index contributed by atoms with van der Waals surface area (Å²) < 4.78 is 37.8. The summed E-state index contributed by atoms with van der Waals surface area (Å²) in [7, 11) is 1.13. The summed E-state index contributed by atoms with van der Waals surface area (Å²) in [5.41, 5.74) is 1.54. The highest BCUT2D eigenvalue weighted by Gasteiger charge is 2.31. The van der Waals surface area contributed by atoms with Crippen LogP contribution in [0, 0.1) is 13.8 Å². The monoisotopic (exact) mass is 249 g/mol. The van der Waals surface area contributed by atoms with Crippen molar-refractivity contribution in [3.05, 3.63) is 17.7 Å². The highest BCUT2D eigenvalue weighted by molar-refractivity contribution is 5.75. The van der Waals surface area contributed by atoms with Crippen molar-refractivity contribution in [3.8, 4) is 0 Å². The van der Waals surface area contributed by atoms with Gasteiger partial charge in [0.2, 0.25) is 5.91 Å². The van der Waals surface area contributed by atoms with E-state index in [1.807, 2.05) is 0 Å². The molecule has 0 fully saturated rings. The quantitative estimate of drug-likeness (QED) is 0.814. The van der Waals surface area contributed by atoms with Crippen LogP contribution in [0.4, 0.5) is 13.2 Å². The summed E-state index contributed by atoms with van der Waals surface area (Å²) >= 11 is 0. The molecule has 1 heterocycles. The first-order valence-corrected chi connectivity index (χ1v) is 5.00. The predicted octanol–water partition coefficient (Wildman–Crippen LogP) is 1.52. The maximum Gasteiger partial charge on any atom is 0.406 e. The number of nitrogens with zero attached hydrogens (tertiary/aromatic N) is 3. The first kappa shape index (κ1) is 13.5. The Hall–Kier alpha value is -1.53. The standard InChI is InChI=1S/C10H14F3N3O/c1-7-8(2)16(6-14-7)4-9(17)15(3)5-10(11,12)13/h6H,4-5H2,1-3H3. The molecule has 0 aliphatic heterocycles. The molecule has 96 valence electrons. The van der Waals surface area contributed by atoms with Gasteiger partial charge in [-0.25, -0.2) is 4.98 Å². The largest absolute Gasteiger partial charge is 0.406 e. The Morgan fingerprint density at radius 3 is 2.47 bits per heavy atom. The highest BCUT2D eigenvalue weighted by Crippen LogP contribution is 2.16. The minimum Gasteiger partial charge on any atom is -0.335 e. The van der Waals surface area contributed by atoms with Gasteiger partial charge in [-0.05, 0) is 13.8 Å². The van der Waals surface area contributed by atoms with Crippen molar-refractivity contribution in [1.29, 1.82) is 0 Å². The predicted molar refractivity (Wildman–Crippen MR) is 55.4 cm³/mol. The number of alkyl halides is 3. The van der Waals surface area contributed by atoms with Crippen LogP contribution in [0.1, 0.15) is 11.4 Å². The molecule has 0 N–H and O–H groups in total. The van der Waals surface area contributed by atoms with Gasteiger partial charge in [-0.1, -0.05) is 0 Å². The average Bonchev–Trinajstić information content (AvgIpc) is 2.47. The van der Waals surface area contributed by atoms with Crippen LogP contribution in [-0.4, -0.2) is 40.1 Å². The van der Waals surface area contributed by atoms with Crippen LogP contribution >= 0.6 is 0 Å². The van der Waals surface area contributed by atoms with Crippen LogP contribution in [0.2, 0.25) is 0 Å². The molecule has 0 spiro atoms. The lowest BCUT2D eigenvalue weighted by molar-refractivity contribution is -0.158. The van der Waals surface area contributed by atoms with Gasteiger partial charge in [-0.3, -0.25) is 4.79 Å². The number of carbonyl (C=O) groups excluding carboxylic acids is 1. The van der Waals surface area contributed by atoms with E-state index in [2.05, 4.69) is 4.98 Å². The Labute approximate surface area is 97.0 Å². The molecule has 4 nitrogen and oxygen atoms in total. The maximum atomic E-state index is 12.1. The molecule has 1 amide bonds. The number of aromatic nitrogens is 2. The van der Waals surface area contributed by atoms with Crippen LogP contribution in [0.15, 0.2) is 6.33 Å². The van der Waals surface area contributed by atoms with Gasteiger partial charge in [0, 0.05) is 12.7 Å². The second-order valence-electron chi connectivity index (χ2n) is 3.91. The number of hydrogen-bond acceptors (Lipinski definition) is 2. The van der Waals surface area contributed by atoms with Crippen molar-refractivity contribution >= 4 is 5.91 Å². The maximum absolute atomic E-state index is 12.1. The normalized spacial score (nSPS) is 11.6. The van der Waals surface area contributed by atoms with Gasteiger partial charge in [0.05, 0.1) is 12.0 Å². The van der Waals surface area contributed by atoms with Gasteiger partial charge < -0.3 is 9.47 Å². The molecule has 0 radical (unpaired) electrons. The average molecular weight is 249 g/mol. The first-order valence-electron chi connectivity index (χ1n) is 5.00. The Bertz CT molecular complexity index is 411. The smallest absolute Gasteiger partial charge is 0.335 e. The summed E-state index contributed by atoms with van der Waals surface area (Å²) in [4.78, 5) is 16.2. The summed E-state index contributed by atoms with van der Waals surface area (Å²) in [6, 6.07) is 0. The molecule has 1 aromatic rings. The van der Waals surface area contributed by atoms with Crippen molar-refractivity contribution in [2.75, 3.05) is 13.6 Å². The SMILES string of the molecule is Cc1ncn(CC(=O)N(C)CC(F)(F)F)c1C. The topological polar surface area (TPSA) is 38.1 Å². The Morgan fingerprint density at radius 2 is 2.06 bits per heavy atom. The fourth-order valence-corrected chi connectivity index (χ4v) is 1.33. The second kappa shape index (κ2) is 4.77. The molecule has 0 bridgehead atoms. The zero-order valence-corrected chi connectivity index (χ0v) is 9.88. The van der Waals surface area contributed by atoms with Gasteiger partial charge >= 0.3 is 6.18 Å². The lowest BCUT2D eigenvalue weighted by Crippen LogP contribution is -2.37. The summed E-state index contributed by atoms with van der Waals surface area (Å²) in [6.07, 6.45) is -2.92. The second-order valence-corrected chi connectivity index (χ2v) is 3.91. The summed E-state index contributed by atoms with van der Waals surface area (Å²) in [5.74, 6) is -0.595. The van der Waals surface area contributed by atoms with Gasteiger partial charge in [-0.15, -0.1) is 0 Å². The number of hydrogen-bond donors (Lipinski definition) is 0. The molecule has 1 rings (SSSR count). The van der Waals surface area contributed by atoms with Gasteiger partial charge in [-0.2, -0.15) is 13.2 Å². The zero-order chi connectivity index (χ0) is 13.2.